The Morgan fingerprint density at radius 2 is 0.519 bits per heavy atom. The normalized spacial score (nSPS) is 12.6. The molecule has 0 bridgehead atoms. The second-order valence-corrected chi connectivity index (χ2v) is 18.8. The molecule has 0 aliphatic heterocycles. The maximum atomic E-state index is 2.53. The van der Waals surface area contributed by atoms with Crippen molar-refractivity contribution < 1.29 is 0 Å². The van der Waals surface area contributed by atoms with Gasteiger partial charge in [0, 0.05) is 0 Å². The zero-order chi connectivity index (χ0) is 37.6. The zero-order valence-electron chi connectivity index (χ0n) is 33.7. The van der Waals surface area contributed by atoms with Gasteiger partial charge >= 0.3 is 0 Å². The molecule has 0 saturated carbocycles. The van der Waals surface area contributed by atoms with Gasteiger partial charge in [0.1, 0.15) is 0 Å². The van der Waals surface area contributed by atoms with E-state index in [0.717, 1.165) is 0 Å². The van der Waals surface area contributed by atoms with Gasteiger partial charge < -0.3 is 0 Å². The Morgan fingerprint density at radius 1 is 0.250 bits per heavy atom. The van der Waals surface area contributed by atoms with E-state index in [4.69, 9.17) is 0 Å². The van der Waals surface area contributed by atoms with E-state index in [1.54, 1.807) is 0 Å². The van der Waals surface area contributed by atoms with Crippen LogP contribution in [0.3, 0.4) is 0 Å². The highest BCUT2D eigenvalue weighted by molar-refractivity contribution is 5.79. The summed E-state index contributed by atoms with van der Waals surface area (Å²) in [5.41, 5.74) is 18.5. The second kappa shape index (κ2) is 13.7. The lowest BCUT2D eigenvalue weighted by Gasteiger charge is -2.42. The van der Waals surface area contributed by atoms with Crippen LogP contribution in [0, 0.1) is 0 Å². The van der Waals surface area contributed by atoms with Gasteiger partial charge in [0.15, 0.2) is 0 Å². The Kier molecular flexibility index (Phi) is 9.77. The van der Waals surface area contributed by atoms with Crippen LogP contribution in [-0.2, 0) is 21.7 Å². The smallest absolute Gasteiger partial charge is 0.0123 e. The van der Waals surface area contributed by atoms with E-state index in [1.807, 2.05) is 0 Å². The first-order valence-electron chi connectivity index (χ1n) is 19.0. The van der Waals surface area contributed by atoms with Gasteiger partial charge in [-0.1, -0.05) is 217 Å². The molecule has 6 rings (SSSR count). The number of benzene rings is 6. The number of hydrogen-bond acceptors (Lipinski definition) is 0. The molecular weight excluding hydrogens is 625 g/mol. The first kappa shape index (κ1) is 37.1. The predicted molar refractivity (Wildman–Crippen MR) is 228 cm³/mol. The van der Waals surface area contributed by atoms with Crippen LogP contribution >= 0.6 is 0 Å². The fraction of sp³-hybridized carbons (Fsp3) is 0.308. The van der Waals surface area contributed by atoms with Crippen molar-refractivity contribution in [2.75, 3.05) is 0 Å². The van der Waals surface area contributed by atoms with Crippen LogP contribution in [-0.4, -0.2) is 0 Å². The summed E-state index contributed by atoms with van der Waals surface area (Å²) in [6.45, 7) is 28.6. The van der Waals surface area contributed by atoms with Crippen molar-refractivity contribution in [1.29, 1.82) is 0 Å². The highest BCUT2D eigenvalue weighted by Gasteiger charge is 2.38. The summed E-state index contributed by atoms with van der Waals surface area (Å²) < 4.78 is 0. The molecule has 0 atom stereocenters. The maximum absolute atomic E-state index is 2.53. The molecule has 0 fully saturated rings. The number of rotatable bonds is 5. The lowest BCUT2D eigenvalue weighted by atomic mass is 9.62. The van der Waals surface area contributed by atoms with Crippen LogP contribution in [0.2, 0.25) is 0 Å². The van der Waals surface area contributed by atoms with Crippen LogP contribution in [0.5, 0.6) is 0 Å². The summed E-state index contributed by atoms with van der Waals surface area (Å²) in [6, 6.07) is 49.2. The summed E-state index contributed by atoms with van der Waals surface area (Å²) in [4.78, 5) is 0. The minimum absolute atomic E-state index is 0.00260. The molecule has 266 valence electrons. The molecule has 0 amide bonds. The van der Waals surface area contributed by atoms with Gasteiger partial charge in [-0.2, -0.15) is 0 Å². The van der Waals surface area contributed by atoms with E-state index in [1.165, 1.54) is 77.9 Å². The highest BCUT2D eigenvalue weighted by atomic mass is 14.4. The Morgan fingerprint density at radius 3 is 0.788 bits per heavy atom. The summed E-state index contributed by atoms with van der Waals surface area (Å²) in [6.07, 6.45) is 0. The minimum atomic E-state index is -0.0198. The first-order chi connectivity index (χ1) is 24.3. The van der Waals surface area contributed by atoms with Crippen molar-refractivity contribution in [3.63, 3.8) is 0 Å². The third kappa shape index (κ3) is 7.73. The van der Waals surface area contributed by atoms with Gasteiger partial charge in [0.05, 0.1) is 0 Å². The molecule has 52 heavy (non-hydrogen) atoms. The fourth-order valence-electron chi connectivity index (χ4n) is 7.85. The topological polar surface area (TPSA) is 0 Å². The molecule has 0 unspecified atom stereocenters. The lowest BCUT2D eigenvalue weighted by molar-refractivity contribution is 0.478. The van der Waals surface area contributed by atoms with Gasteiger partial charge in [-0.15, -0.1) is 0 Å². The molecule has 0 N–H and O–H groups in total. The Balaban J connectivity index is 1.29. The van der Waals surface area contributed by atoms with E-state index in [9.17, 15) is 0 Å². The SMILES string of the molecule is CC(C)(C)c1cc(-c2ccc(-c3ccc(-c4ccc(-c5ccc(-c6ccccc6)cc5)cc4)cc3)cc2)c(C(C)(C)C)c(C(C)(C)C)c1C(C)(C)C. The largest absolute Gasteiger partial charge is 0.0622 e. The monoisotopic (exact) mass is 682 g/mol. The average Bonchev–Trinajstić information content (AvgIpc) is 3.10. The molecule has 0 saturated heterocycles. The van der Waals surface area contributed by atoms with E-state index < -0.39 is 0 Å². The Labute approximate surface area is 315 Å². The van der Waals surface area contributed by atoms with E-state index in [0.29, 0.717) is 0 Å². The van der Waals surface area contributed by atoms with Crippen molar-refractivity contribution in [3.05, 3.63) is 156 Å². The van der Waals surface area contributed by atoms with Gasteiger partial charge in [-0.3, -0.25) is 0 Å². The second-order valence-electron chi connectivity index (χ2n) is 18.8. The van der Waals surface area contributed by atoms with Crippen molar-refractivity contribution in [2.24, 2.45) is 0 Å². The zero-order valence-corrected chi connectivity index (χ0v) is 33.7. The van der Waals surface area contributed by atoms with Gasteiger partial charge in [0.2, 0.25) is 0 Å². The Hall–Kier alpha value is -4.68. The van der Waals surface area contributed by atoms with E-state index >= 15 is 0 Å². The highest BCUT2D eigenvalue weighted by Crippen LogP contribution is 2.49. The van der Waals surface area contributed by atoms with Gasteiger partial charge in [-0.05, 0) is 99.5 Å². The van der Waals surface area contributed by atoms with Crippen molar-refractivity contribution in [1.82, 2.24) is 0 Å². The third-order valence-corrected chi connectivity index (χ3v) is 10.3. The third-order valence-electron chi connectivity index (χ3n) is 10.3. The molecule has 6 aromatic carbocycles. The molecule has 0 heteroatoms. The Bertz CT molecular complexity index is 2130. The van der Waals surface area contributed by atoms with Crippen molar-refractivity contribution in [2.45, 2.75) is 105 Å². The van der Waals surface area contributed by atoms with Crippen LogP contribution in [0.1, 0.15) is 105 Å². The van der Waals surface area contributed by atoms with E-state index in [2.05, 4.69) is 217 Å². The van der Waals surface area contributed by atoms with E-state index in [-0.39, 0.29) is 21.7 Å². The minimum Gasteiger partial charge on any atom is -0.0622 e. The summed E-state index contributed by atoms with van der Waals surface area (Å²) >= 11 is 0. The molecule has 0 aromatic heterocycles. The van der Waals surface area contributed by atoms with Crippen LogP contribution in [0.15, 0.2) is 133 Å². The molecule has 0 radical (unpaired) electrons. The van der Waals surface area contributed by atoms with Gasteiger partial charge in [0.25, 0.3) is 0 Å². The summed E-state index contributed by atoms with van der Waals surface area (Å²) in [5, 5.41) is 0. The molecule has 0 aliphatic carbocycles. The number of hydrogen-bond donors (Lipinski definition) is 0. The van der Waals surface area contributed by atoms with Gasteiger partial charge in [-0.25, -0.2) is 0 Å². The predicted octanol–water partition coefficient (Wildman–Crippen LogP) is 15.2. The lowest BCUT2D eigenvalue weighted by Crippen LogP contribution is -2.32. The quantitative estimate of drug-likeness (QED) is 0.170. The van der Waals surface area contributed by atoms with Crippen LogP contribution in [0.25, 0.3) is 55.6 Å². The standard InChI is InChI=1S/C52H58/c1-49(2,3)45-34-44(46(50(4,5)6)48(52(10,11)12)47(45)51(7,8)9)43-32-30-42(31-33-43)41-28-26-40(27-29-41)39-24-22-38(23-25-39)37-20-18-36(19-21-37)35-16-14-13-15-17-35/h13-34H,1-12H3. The maximum Gasteiger partial charge on any atom is -0.0123 e. The van der Waals surface area contributed by atoms with Crippen molar-refractivity contribution in [3.8, 4) is 55.6 Å². The fourth-order valence-corrected chi connectivity index (χ4v) is 7.85. The molecule has 0 aliphatic rings. The molecule has 0 nitrogen and oxygen atoms in total. The molecular formula is C52H58. The molecule has 0 spiro atoms. The average molecular weight is 683 g/mol. The van der Waals surface area contributed by atoms with Crippen LogP contribution in [0.4, 0.5) is 0 Å². The summed E-state index contributed by atoms with van der Waals surface area (Å²) in [7, 11) is 0. The summed E-state index contributed by atoms with van der Waals surface area (Å²) in [5.74, 6) is 0. The van der Waals surface area contributed by atoms with Crippen LogP contribution < -0.4 is 0 Å². The van der Waals surface area contributed by atoms with Crippen molar-refractivity contribution >= 4 is 0 Å². The first-order valence-corrected chi connectivity index (χ1v) is 19.0. The molecule has 6 aromatic rings. The molecule has 0 heterocycles.